The largest absolute Gasteiger partial charge is 0.365 e. The Morgan fingerprint density at radius 3 is 2.92 bits per heavy atom. The number of imidazole rings is 1. The van der Waals surface area contributed by atoms with Crippen LogP contribution in [-0.4, -0.2) is 40.3 Å². The number of hydrogen-bond donors (Lipinski definition) is 1. The molecule has 0 spiro atoms. The van der Waals surface area contributed by atoms with Crippen LogP contribution >= 0.6 is 0 Å². The van der Waals surface area contributed by atoms with E-state index in [1.807, 2.05) is 35.2 Å². The molecule has 25 heavy (non-hydrogen) atoms. The molecule has 6 nitrogen and oxygen atoms in total. The van der Waals surface area contributed by atoms with Gasteiger partial charge in [-0.25, -0.2) is 14.4 Å². The van der Waals surface area contributed by atoms with Crippen LogP contribution in [-0.2, 0) is 11.3 Å². The molecule has 1 aliphatic rings. The van der Waals surface area contributed by atoms with Crippen molar-refractivity contribution in [1.82, 2.24) is 15.0 Å². The Morgan fingerprint density at radius 2 is 2.16 bits per heavy atom. The van der Waals surface area contributed by atoms with Crippen LogP contribution in [0.2, 0.25) is 0 Å². The van der Waals surface area contributed by atoms with Crippen LogP contribution in [0.3, 0.4) is 0 Å². The standard InChI is InChI=1S/C18H16FN5O/c19-13-9-24(18-6-5-12(7-20)8-21-18)10-16(13)25-11-17-22-14-3-1-2-4-15(14)23-17/h1-6,8,13,16H,9-11H2,(H,22,23)/t13-,16+/m1/s1. The zero-order valence-electron chi connectivity index (χ0n) is 13.4. The molecule has 1 N–H and O–H groups in total. The van der Waals surface area contributed by atoms with Gasteiger partial charge in [-0.2, -0.15) is 5.26 Å². The van der Waals surface area contributed by atoms with Crippen LogP contribution in [0.25, 0.3) is 11.0 Å². The zero-order chi connectivity index (χ0) is 17.2. The summed E-state index contributed by atoms with van der Waals surface area (Å²) in [7, 11) is 0. The van der Waals surface area contributed by atoms with Gasteiger partial charge in [0, 0.05) is 12.7 Å². The SMILES string of the molecule is N#Cc1ccc(N2C[C@@H](F)[C@@H](OCc3nc4ccccc4[nH]3)C2)nc1. The molecule has 0 bridgehead atoms. The fourth-order valence-electron chi connectivity index (χ4n) is 2.98. The summed E-state index contributed by atoms with van der Waals surface area (Å²) in [5.74, 6) is 1.33. The minimum absolute atomic E-state index is 0.226. The van der Waals surface area contributed by atoms with Crippen molar-refractivity contribution in [2.24, 2.45) is 0 Å². The van der Waals surface area contributed by atoms with E-state index in [1.165, 1.54) is 6.20 Å². The second-order valence-electron chi connectivity index (χ2n) is 5.99. The van der Waals surface area contributed by atoms with Gasteiger partial charge in [0.1, 0.15) is 36.6 Å². The maximum Gasteiger partial charge on any atom is 0.145 e. The van der Waals surface area contributed by atoms with E-state index in [2.05, 4.69) is 15.0 Å². The molecule has 2 aromatic heterocycles. The number of anilines is 1. The molecule has 0 amide bonds. The van der Waals surface area contributed by atoms with Gasteiger partial charge in [0.05, 0.1) is 23.1 Å². The number of halogens is 1. The molecule has 4 rings (SSSR count). The molecule has 1 fully saturated rings. The average Bonchev–Trinajstić information content (AvgIpc) is 3.23. The van der Waals surface area contributed by atoms with Gasteiger partial charge in [0.25, 0.3) is 0 Å². The predicted octanol–water partition coefficient (Wildman–Crippen LogP) is 2.57. The van der Waals surface area contributed by atoms with E-state index in [9.17, 15) is 4.39 Å². The molecule has 0 unspecified atom stereocenters. The van der Waals surface area contributed by atoms with Crippen molar-refractivity contribution < 1.29 is 9.13 Å². The van der Waals surface area contributed by atoms with Gasteiger partial charge in [-0.05, 0) is 24.3 Å². The van der Waals surface area contributed by atoms with E-state index in [1.54, 1.807) is 12.1 Å². The number of rotatable bonds is 4. The number of nitriles is 1. The molecule has 3 aromatic rings. The lowest BCUT2D eigenvalue weighted by molar-refractivity contribution is 0.0115. The number of hydrogen-bond acceptors (Lipinski definition) is 5. The van der Waals surface area contributed by atoms with Crippen LogP contribution in [0.5, 0.6) is 0 Å². The summed E-state index contributed by atoms with van der Waals surface area (Å²) in [6, 6.07) is 13.1. The van der Waals surface area contributed by atoms with Gasteiger partial charge in [-0.3, -0.25) is 0 Å². The first-order valence-corrected chi connectivity index (χ1v) is 8.03. The fraction of sp³-hybridized carbons (Fsp3) is 0.278. The summed E-state index contributed by atoms with van der Waals surface area (Å²) >= 11 is 0. The van der Waals surface area contributed by atoms with E-state index >= 15 is 0 Å². The number of aromatic amines is 1. The number of nitrogens with one attached hydrogen (secondary N) is 1. The molecule has 3 heterocycles. The van der Waals surface area contributed by atoms with E-state index < -0.39 is 12.3 Å². The third kappa shape index (κ3) is 3.16. The molecule has 7 heteroatoms. The molecule has 2 atom stereocenters. The van der Waals surface area contributed by atoms with Crippen molar-refractivity contribution in [3.8, 4) is 6.07 Å². The lowest BCUT2D eigenvalue weighted by Gasteiger charge is -2.16. The van der Waals surface area contributed by atoms with Gasteiger partial charge < -0.3 is 14.6 Å². The average molecular weight is 337 g/mol. The lowest BCUT2D eigenvalue weighted by Crippen LogP contribution is -2.25. The Labute approximate surface area is 143 Å². The predicted molar refractivity (Wildman–Crippen MR) is 90.7 cm³/mol. The highest BCUT2D eigenvalue weighted by Gasteiger charge is 2.34. The monoisotopic (exact) mass is 337 g/mol. The number of para-hydroxylation sites is 2. The highest BCUT2D eigenvalue weighted by Crippen LogP contribution is 2.23. The van der Waals surface area contributed by atoms with Crippen LogP contribution < -0.4 is 4.90 Å². The molecule has 1 aliphatic heterocycles. The summed E-state index contributed by atoms with van der Waals surface area (Å²) in [4.78, 5) is 13.6. The van der Waals surface area contributed by atoms with Crippen LogP contribution in [0, 0.1) is 11.3 Å². The summed E-state index contributed by atoms with van der Waals surface area (Å²) in [5.41, 5.74) is 2.29. The summed E-state index contributed by atoms with van der Waals surface area (Å²) in [6.45, 7) is 0.873. The van der Waals surface area contributed by atoms with E-state index in [4.69, 9.17) is 10.00 Å². The van der Waals surface area contributed by atoms with Gasteiger partial charge >= 0.3 is 0 Å². The van der Waals surface area contributed by atoms with Gasteiger partial charge in [0.2, 0.25) is 0 Å². The maximum atomic E-state index is 14.3. The summed E-state index contributed by atoms with van der Waals surface area (Å²) in [6.07, 6.45) is -0.141. The van der Waals surface area contributed by atoms with Crippen molar-refractivity contribution in [3.63, 3.8) is 0 Å². The quantitative estimate of drug-likeness (QED) is 0.792. The first-order valence-electron chi connectivity index (χ1n) is 8.03. The molecule has 0 radical (unpaired) electrons. The second kappa shape index (κ2) is 6.49. The highest BCUT2D eigenvalue weighted by atomic mass is 19.1. The first kappa shape index (κ1) is 15.5. The number of aromatic nitrogens is 3. The Morgan fingerprint density at radius 1 is 1.28 bits per heavy atom. The molecule has 0 saturated carbocycles. The molecule has 126 valence electrons. The van der Waals surface area contributed by atoms with E-state index in [0.717, 1.165) is 11.0 Å². The molecule has 1 saturated heterocycles. The minimum atomic E-state index is -1.10. The van der Waals surface area contributed by atoms with E-state index in [0.29, 0.717) is 23.8 Å². The van der Waals surface area contributed by atoms with Crippen molar-refractivity contribution in [3.05, 3.63) is 54.0 Å². The third-order valence-electron chi connectivity index (χ3n) is 4.27. The van der Waals surface area contributed by atoms with Crippen molar-refractivity contribution in [2.45, 2.75) is 18.9 Å². The maximum absolute atomic E-state index is 14.3. The Bertz CT molecular complexity index is 884. The number of benzene rings is 1. The number of fused-ring (bicyclic) bond motifs is 1. The summed E-state index contributed by atoms with van der Waals surface area (Å²) in [5, 5.41) is 8.82. The Balaban J connectivity index is 1.40. The topological polar surface area (TPSA) is 77.8 Å². The number of pyridine rings is 1. The fourth-order valence-corrected chi connectivity index (χ4v) is 2.98. The van der Waals surface area contributed by atoms with Gasteiger partial charge in [0.15, 0.2) is 0 Å². The number of H-pyrrole nitrogens is 1. The van der Waals surface area contributed by atoms with Crippen molar-refractivity contribution in [2.75, 3.05) is 18.0 Å². The highest BCUT2D eigenvalue weighted by molar-refractivity contribution is 5.74. The Kier molecular flexibility index (Phi) is 4.04. The molecular weight excluding hydrogens is 321 g/mol. The number of ether oxygens (including phenoxy) is 1. The zero-order valence-corrected chi connectivity index (χ0v) is 13.4. The van der Waals surface area contributed by atoms with Crippen molar-refractivity contribution in [1.29, 1.82) is 5.26 Å². The van der Waals surface area contributed by atoms with Gasteiger partial charge in [-0.15, -0.1) is 0 Å². The smallest absolute Gasteiger partial charge is 0.145 e. The number of nitrogens with zero attached hydrogens (tertiary/aromatic N) is 4. The molecule has 1 aromatic carbocycles. The number of alkyl halides is 1. The molecule has 0 aliphatic carbocycles. The second-order valence-corrected chi connectivity index (χ2v) is 5.99. The van der Waals surface area contributed by atoms with E-state index in [-0.39, 0.29) is 13.2 Å². The lowest BCUT2D eigenvalue weighted by atomic mass is 10.3. The van der Waals surface area contributed by atoms with Crippen molar-refractivity contribution >= 4 is 16.9 Å². The van der Waals surface area contributed by atoms with Crippen LogP contribution in [0.15, 0.2) is 42.6 Å². The minimum Gasteiger partial charge on any atom is -0.365 e. The normalized spacial score (nSPS) is 20.1. The van der Waals surface area contributed by atoms with Crippen LogP contribution in [0.4, 0.5) is 10.2 Å². The first-order chi connectivity index (χ1) is 12.2. The summed E-state index contributed by atoms with van der Waals surface area (Å²) < 4.78 is 20.0. The molecular formula is C18H16FN5O. The van der Waals surface area contributed by atoms with Crippen LogP contribution in [0.1, 0.15) is 11.4 Å². The third-order valence-corrected chi connectivity index (χ3v) is 4.27. The Hall–Kier alpha value is -2.98. The van der Waals surface area contributed by atoms with Gasteiger partial charge in [-0.1, -0.05) is 12.1 Å².